The zero-order valence-electron chi connectivity index (χ0n) is 16.6. The molecule has 0 amide bonds. The van der Waals surface area contributed by atoms with Gasteiger partial charge in [-0.25, -0.2) is 4.67 Å². The van der Waals surface area contributed by atoms with Crippen LogP contribution in [0.25, 0.3) is 0 Å². The Morgan fingerprint density at radius 3 is 1.91 bits per heavy atom. The van der Waals surface area contributed by atoms with Crippen LogP contribution in [0.1, 0.15) is 75.2 Å². The molecule has 0 spiro atoms. The van der Waals surface area contributed by atoms with Gasteiger partial charge >= 0.3 is 0 Å². The van der Waals surface area contributed by atoms with Gasteiger partial charge in [0.2, 0.25) is 0 Å². The Morgan fingerprint density at radius 2 is 1.52 bits per heavy atom. The summed E-state index contributed by atoms with van der Waals surface area (Å²) < 4.78 is 14.5. The minimum Gasteiger partial charge on any atom is -0.321 e. The molecule has 0 aromatic rings. The van der Waals surface area contributed by atoms with Gasteiger partial charge in [0.1, 0.15) is 0 Å². The molecule has 0 aliphatic carbocycles. The highest BCUT2D eigenvalue weighted by Crippen LogP contribution is 2.48. The highest BCUT2D eigenvalue weighted by atomic mass is 31.2. The van der Waals surface area contributed by atoms with Crippen molar-refractivity contribution in [2.45, 2.75) is 87.2 Å². The first kappa shape index (κ1) is 22.8. The summed E-state index contributed by atoms with van der Waals surface area (Å²) in [6, 6.07) is 2.82. The molecule has 0 saturated heterocycles. The summed E-state index contributed by atoms with van der Waals surface area (Å²) in [6.45, 7) is 21.0. The van der Waals surface area contributed by atoms with Crippen molar-refractivity contribution < 1.29 is 9.05 Å². The van der Waals surface area contributed by atoms with Crippen molar-refractivity contribution >= 4 is 8.53 Å². The summed E-state index contributed by atoms with van der Waals surface area (Å²) >= 11 is 0. The van der Waals surface area contributed by atoms with Crippen LogP contribution in [0.15, 0.2) is 0 Å². The molecule has 23 heavy (non-hydrogen) atoms. The molecule has 0 rings (SSSR count). The first-order chi connectivity index (χ1) is 10.4. The van der Waals surface area contributed by atoms with Crippen molar-refractivity contribution in [2.75, 3.05) is 13.2 Å². The average molecular weight is 344 g/mol. The van der Waals surface area contributed by atoms with Crippen LogP contribution in [0.5, 0.6) is 0 Å². The molecule has 0 bridgehead atoms. The summed E-state index contributed by atoms with van der Waals surface area (Å²) in [7, 11) is -1.14. The standard InChI is InChI=1S/C18H37N2O2P/c1-15(2)20(16(3)4)23(21-12-10-11-19)22-14-18(8,9)13-17(5,6)7/h15-16H,10,12-14H2,1-9H3. The Balaban J connectivity index is 4.90. The molecule has 0 N–H and O–H groups in total. The van der Waals surface area contributed by atoms with Gasteiger partial charge in [0, 0.05) is 12.1 Å². The molecule has 1 unspecified atom stereocenters. The molecule has 0 aromatic heterocycles. The quantitative estimate of drug-likeness (QED) is 0.374. The Morgan fingerprint density at radius 1 is 1.00 bits per heavy atom. The Bertz CT molecular complexity index is 362. The summed E-state index contributed by atoms with van der Waals surface area (Å²) in [6.07, 6.45) is 1.49. The number of nitriles is 1. The van der Waals surface area contributed by atoms with E-state index in [-0.39, 0.29) is 10.8 Å². The lowest BCUT2D eigenvalue weighted by Crippen LogP contribution is -2.35. The molecule has 0 saturated carbocycles. The Hall–Kier alpha value is -0.200. The van der Waals surface area contributed by atoms with Gasteiger partial charge in [-0.3, -0.25) is 0 Å². The molecule has 0 aliphatic rings. The molecule has 5 heteroatoms. The van der Waals surface area contributed by atoms with Crippen molar-refractivity contribution in [2.24, 2.45) is 10.8 Å². The highest BCUT2D eigenvalue weighted by Gasteiger charge is 2.31. The van der Waals surface area contributed by atoms with E-state index in [0.29, 0.717) is 31.7 Å². The molecule has 1 atom stereocenters. The SMILES string of the molecule is CC(C)N(C(C)C)P(OCCC#N)OCC(C)(C)CC(C)(C)C. The zero-order chi connectivity index (χ0) is 18.3. The second kappa shape index (κ2) is 9.94. The Kier molecular flexibility index (Phi) is 9.86. The molecule has 0 heterocycles. The van der Waals surface area contributed by atoms with E-state index < -0.39 is 8.53 Å². The maximum atomic E-state index is 8.75. The van der Waals surface area contributed by atoms with Gasteiger partial charge in [0.05, 0.1) is 25.7 Å². The van der Waals surface area contributed by atoms with Crippen LogP contribution in [0.3, 0.4) is 0 Å². The molecular weight excluding hydrogens is 307 g/mol. The van der Waals surface area contributed by atoms with Gasteiger partial charge in [0.15, 0.2) is 0 Å². The predicted octanol–water partition coefficient (Wildman–Crippen LogP) is 5.74. The van der Waals surface area contributed by atoms with Gasteiger partial charge in [-0.15, -0.1) is 0 Å². The van der Waals surface area contributed by atoms with Crippen LogP contribution in [-0.2, 0) is 9.05 Å². The largest absolute Gasteiger partial charge is 0.321 e. The lowest BCUT2D eigenvalue weighted by molar-refractivity contribution is 0.0988. The third kappa shape index (κ3) is 10.3. The van der Waals surface area contributed by atoms with Crippen molar-refractivity contribution in [3.8, 4) is 6.07 Å². The summed E-state index contributed by atoms with van der Waals surface area (Å²) in [5.41, 5.74) is 0.365. The number of nitrogens with zero attached hydrogens (tertiary/aromatic N) is 2. The van der Waals surface area contributed by atoms with Crippen molar-refractivity contribution in [3.63, 3.8) is 0 Å². The van der Waals surface area contributed by atoms with E-state index in [4.69, 9.17) is 14.3 Å². The second-order valence-electron chi connectivity index (χ2n) is 8.72. The average Bonchev–Trinajstić information content (AvgIpc) is 2.32. The van der Waals surface area contributed by atoms with E-state index in [1.54, 1.807) is 0 Å². The van der Waals surface area contributed by atoms with E-state index in [9.17, 15) is 0 Å². The fraction of sp³-hybridized carbons (Fsp3) is 0.944. The topological polar surface area (TPSA) is 45.5 Å². The number of hydrogen-bond donors (Lipinski definition) is 0. The maximum Gasteiger partial charge on any atom is 0.259 e. The second-order valence-corrected chi connectivity index (χ2v) is 10.2. The van der Waals surface area contributed by atoms with Crippen molar-refractivity contribution in [1.82, 2.24) is 4.67 Å². The van der Waals surface area contributed by atoms with Gasteiger partial charge in [-0.2, -0.15) is 5.26 Å². The van der Waals surface area contributed by atoms with Crippen LogP contribution < -0.4 is 0 Å². The van der Waals surface area contributed by atoms with Crippen molar-refractivity contribution in [1.29, 1.82) is 5.26 Å². The van der Waals surface area contributed by atoms with Crippen LogP contribution in [-0.4, -0.2) is 30.0 Å². The van der Waals surface area contributed by atoms with E-state index in [1.165, 1.54) is 0 Å². The van der Waals surface area contributed by atoms with E-state index in [0.717, 1.165) is 6.42 Å². The summed E-state index contributed by atoms with van der Waals surface area (Å²) in [5, 5.41) is 8.75. The molecule has 0 fully saturated rings. The fourth-order valence-electron chi connectivity index (χ4n) is 3.03. The van der Waals surface area contributed by atoms with Gasteiger partial charge in [-0.05, 0) is 44.9 Å². The molecule has 136 valence electrons. The zero-order valence-corrected chi connectivity index (χ0v) is 17.5. The molecule has 0 aliphatic heterocycles. The van der Waals surface area contributed by atoms with Crippen LogP contribution >= 0.6 is 8.53 Å². The van der Waals surface area contributed by atoms with Crippen LogP contribution in [0, 0.1) is 22.2 Å². The summed E-state index contributed by atoms with van der Waals surface area (Å²) in [5.74, 6) is 0. The molecule has 0 radical (unpaired) electrons. The van der Waals surface area contributed by atoms with Gasteiger partial charge in [0.25, 0.3) is 8.53 Å². The minimum absolute atomic E-state index is 0.0943. The minimum atomic E-state index is -1.14. The molecular formula is C18H37N2O2P. The monoisotopic (exact) mass is 344 g/mol. The number of hydrogen-bond acceptors (Lipinski definition) is 4. The maximum absolute atomic E-state index is 8.75. The lowest BCUT2D eigenvalue weighted by Gasteiger charge is -2.38. The van der Waals surface area contributed by atoms with E-state index in [1.807, 2.05) is 0 Å². The predicted molar refractivity (Wildman–Crippen MR) is 99.0 cm³/mol. The molecule has 0 aromatic carbocycles. The normalized spacial score (nSPS) is 14.6. The van der Waals surface area contributed by atoms with E-state index >= 15 is 0 Å². The smallest absolute Gasteiger partial charge is 0.259 e. The van der Waals surface area contributed by atoms with Crippen molar-refractivity contribution in [3.05, 3.63) is 0 Å². The van der Waals surface area contributed by atoms with Crippen LogP contribution in [0.2, 0.25) is 0 Å². The van der Waals surface area contributed by atoms with E-state index in [2.05, 4.69) is 73.1 Å². The first-order valence-corrected chi connectivity index (χ1v) is 9.74. The Labute approximate surface area is 145 Å². The van der Waals surface area contributed by atoms with Gasteiger partial charge in [-0.1, -0.05) is 34.6 Å². The third-order valence-corrected chi connectivity index (χ3v) is 5.29. The number of rotatable bonds is 10. The highest BCUT2D eigenvalue weighted by molar-refractivity contribution is 7.44. The first-order valence-electron chi connectivity index (χ1n) is 8.61. The fourth-order valence-corrected chi connectivity index (χ4v) is 4.83. The molecule has 4 nitrogen and oxygen atoms in total. The van der Waals surface area contributed by atoms with Crippen LogP contribution in [0.4, 0.5) is 0 Å². The summed E-state index contributed by atoms with van der Waals surface area (Å²) in [4.78, 5) is 0. The lowest BCUT2D eigenvalue weighted by atomic mass is 9.77. The third-order valence-electron chi connectivity index (χ3n) is 3.24. The van der Waals surface area contributed by atoms with Gasteiger partial charge < -0.3 is 9.05 Å².